The summed E-state index contributed by atoms with van der Waals surface area (Å²) in [6, 6.07) is 8.35. The zero-order valence-corrected chi connectivity index (χ0v) is 10.5. The van der Waals surface area contributed by atoms with Crippen LogP contribution in [0.5, 0.6) is 0 Å². The predicted molar refractivity (Wildman–Crippen MR) is 67.3 cm³/mol. The molecule has 84 valence electrons. The summed E-state index contributed by atoms with van der Waals surface area (Å²) in [5, 5.41) is 4.34. The van der Waals surface area contributed by atoms with Crippen LogP contribution in [0, 0.1) is 5.92 Å². The summed E-state index contributed by atoms with van der Waals surface area (Å²) in [7, 11) is 0. The molecule has 0 fully saturated rings. The van der Waals surface area contributed by atoms with Crippen LogP contribution in [-0.2, 0) is 0 Å². The van der Waals surface area contributed by atoms with Gasteiger partial charge in [-0.3, -0.25) is 0 Å². The molecule has 0 unspecified atom stereocenters. The maximum absolute atomic E-state index is 6.12. The predicted octanol–water partition coefficient (Wildman–Crippen LogP) is 4.04. The van der Waals surface area contributed by atoms with E-state index in [4.69, 9.17) is 11.6 Å². The molecular weight excluding hydrogens is 206 g/mol. The lowest BCUT2D eigenvalue weighted by atomic mass is 10.1. The Bertz CT molecular complexity index is 296. The SMILES string of the molecule is CC(C)CCN[C@H](C)c1ccccc1Cl. The first-order valence-corrected chi connectivity index (χ1v) is 5.97. The zero-order valence-electron chi connectivity index (χ0n) is 9.76. The van der Waals surface area contributed by atoms with Gasteiger partial charge in [0.25, 0.3) is 0 Å². The zero-order chi connectivity index (χ0) is 11.3. The van der Waals surface area contributed by atoms with E-state index in [2.05, 4.69) is 32.2 Å². The van der Waals surface area contributed by atoms with E-state index >= 15 is 0 Å². The highest BCUT2D eigenvalue weighted by Crippen LogP contribution is 2.21. The molecule has 0 aliphatic rings. The molecule has 1 aromatic carbocycles. The highest BCUT2D eigenvalue weighted by molar-refractivity contribution is 6.31. The second kappa shape index (κ2) is 6.14. The maximum Gasteiger partial charge on any atom is 0.0453 e. The molecule has 1 rings (SSSR count). The van der Waals surface area contributed by atoms with Gasteiger partial charge in [0, 0.05) is 11.1 Å². The van der Waals surface area contributed by atoms with Crippen molar-refractivity contribution in [2.75, 3.05) is 6.54 Å². The minimum Gasteiger partial charge on any atom is -0.310 e. The second-order valence-corrected chi connectivity index (χ2v) is 4.79. The summed E-state index contributed by atoms with van der Waals surface area (Å²) in [6.45, 7) is 7.68. The third kappa shape index (κ3) is 4.23. The van der Waals surface area contributed by atoms with Crippen molar-refractivity contribution < 1.29 is 0 Å². The van der Waals surface area contributed by atoms with Gasteiger partial charge in [-0.1, -0.05) is 43.6 Å². The van der Waals surface area contributed by atoms with Gasteiger partial charge in [-0.2, -0.15) is 0 Å². The Hall–Kier alpha value is -0.530. The van der Waals surface area contributed by atoms with Crippen molar-refractivity contribution in [1.29, 1.82) is 0 Å². The standard InChI is InChI=1S/C13H20ClN/c1-10(2)8-9-15-11(3)12-6-4-5-7-13(12)14/h4-7,10-11,15H,8-9H2,1-3H3/t11-/m1/s1. The summed E-state index contributed by atoms with van der Waals surface area (Å²) >= 11 is 6.12. The molecule has 0 saturated carbocycles. The third-order valence-electron chi connectivity index (χ3n) is 2.54. The molecule has 0 heterocycles. The molecule has 0 aromatic heterocycles. The lowest BCUT2D eigenvalue weighted by Crippen LogP contribution is -2.21. The fourth-order valence-electron chi connectivity index (χ4n) is 1.52. The smallest absolute Gasteiger partial charge is 0.0453 e. The van der Waals surface area contributed by atoms with Gasteiger partial charge in [0.2, 0.25) is 0 Å². The Morgan fingerprint density at radius 3 is 2.47 bits per heavy atom. The Labute approximate surface area is 97.8 Å². The van der Waals surface area contributed by atoms with Gasteiger partial charge in [0.1, 0.15) is 0 Å². The number of benzene rings is 1. The fraction of sp³-hybridized carbons (Fsp3) is 0.538. The molecule has 2 heteroatoms. The minimum absolute atomic E-state index is 0.331. The van der Waals surface area contributed by atoms with E-state index in [1.54, 1.807) is 0 Å². The topological polar surface area (TPSA) is 12.0 Å². The average Bonchev–Trinajstić information content (AvgIpc) is 2.17. The van der Waals surface area contributed by atoms with Crippen LogP contribution in [0.1, 0.15) is 38.8 Å². The van der Waals surface area contributed by atoms with Crippen LogP contribution in [-0.4, -0.2) is 6.54 Å². The van der Waals surface area contributed by atoms with E-state index in [9.17, 15) is 0 Å². The highest BCUT2D eigenvalue weighted by Gasteiger charge is 2.07. The Kier molecular flexibility index (Phi) is 5.13. The van der Waals surface area contributed by atoms with E-state index in [1.807, 2.05) is 18.2 Å². The first-order valence-electron chi connectivity index (χ1n) is 5.59. The van der Waals surface area contributed by atoms with Crippen molar-refractivity contribution in [2.24, 2.45) is 5.92 Å². The summed E-state index contributed by atoms with van der Waals surface area (Å²) in [6.07, 6.45) is 1.20. The monoisotopic (exact) mass is 225 g/mol. The molecule has 1 nitrogen and oxygen atoms in total. The van der Waals surface area contributed by atoms with E-state index in [0.29, 0.717) is 6.04 Å². The Morgan fingerprint density at radius 1 is 1.20 bits per heavy atom. The van der Waals surface area contributed by atoms with Crippen molar-refractivity contribution in [3.05, 3.63) is 34.9 Å². The van der Waals surface area contributed by atoms with E-state index in [1.165, 1.54) is 12.0 Å². The summed E-state index contributed by atoms with van der Waals surface area (Å²) in [5.41, 5.74) is 1.18. The molecule has 0 aliphatic carbocycles. The summed E-state index contributed by atoms with van der Waals surface area (Å²) in [5.74, 6) is 0.746. The van der Waals surface area contributed by atoms with Crippen molar-refractivity contribution in [1.82, 2.24) is 5.32 Å². The van der Waals surface area contributed by atoms with Crippen LogP contribution < -0.4 is 5.32 Å². The third-order valence-corrected chi connectivity index (χ3v) is 2.89. The van der Waals surface area contributed by atoms with Gasteiger partial charge in [-0.05, 0) is 37.4 Å². The van der Waals surface area contributed by atoms with Crippen LogP contribution in [0.15, 0.2) is 24.3 Å². The number of halogens is 1. The van der Waals surface area contributed by atoms with Crippen molar-refractivity contribution >= 4 is 11.6 Å². The molecule has 1 atom stereocenters. The first kappa shape index (κ1) is 12.5. The molecule has 1 N–H and O–H groups in total. The van der Waals surface area contributed by atoms with Gasteiger partial charge in [0.15, 0.2) is 0 Å². The van der Waals surface area contributed by atoms with Crippen LogP contribution in [0.3, 0.4) is 0 Å². The van der Waals surface area contributed by atoms with Gasteiger partial charge in [-0.25, -0.2) is 0 Å². The largest absolute Gasteiger partial charge is 0.310 e. The molecule has 0 spiro atoms. The lowest BCUT2D eigenvalue weighted by molar-refractivity contribution is 0.497. The number of nitrogens with one attached hydrogen (secondary N) is 1. The van der Waals surface area contributed by atoms with Crippen LogP contribution >= 0.6 is 11.6 Å². The Balaban J connectivity index is 2.47. The first-order chi connectivity index (χ1) is 7.11. The number of hydrogen-bond donors (Lipinski definition) is 1. The molecule has 0 radical (unpaired) electrons. The molecular formula is C13H20ClN. The average molecular weight is 226 g/mol. The molecule has 1 aromatic rings. The molecule has 0 bridgehead atoms. The normalized spacial score (nSPS) is 13.1. The van der Waals surface area contributed by atoms with Crippen molar-refractivity contribution in [3.8, 4) is 0 Å². The van der Waals surface area contributed by atoms with Crippen molar-refractivity contribution in [3.63, 3.8) is 0 Å². The molecule has 15 heavy (non-hydrogen) atoms. The quantitative estimate of drug-likeness (QED) is 0.798. The molecule has 0 amide bonds. The highest BCUT2D eigenvalue weighted by atomic mass is 35.5. The Morgan fingerprint density at radius 2 is 1.87 bits per heavy atom. The number of rotatable bonds is 5. The minimum atomic E-state index is 0.331. The maximum atomic E-state index is 6.12. The van der Waals surface area contributed by atoms with Crippen LogP contribution in [0.2, 0.25) is 5.02 Å². The van der Waals surface area contributed by atoms with E-state index < -0.39 is 0 Å². The molecule has 0 saturated heterocycles. The fourth-order valence-corrected chi connectivity index (χ4v) is 1.82. The van der Waals surface area contributed by atoms with E-state index in [0.717, 1.165) is 17.5 Å². The number of hydrogen-bond acceptors (Lipinski definition) is 1. The van der Waals surface area contributed by atoms with Gasteiger partial charge >= 0.3 is 0 Å². The second-order valence-electron chi connectivity index (χ2n) is 4.38. The van der Waals surface area contributed by atoms with Gasteiger partial charge in [-0.15, -0.1) is 0 Å². The van der Waals surface area contributed by atoms with E-state index in [-0.39, 0.29) is 0 Å². The van der Waals surface area contributed by atoms with Crippen LogP contribution in [0.4, 0.5) is 0 Å². The lowest BCUT2D eigenvalue weighted by Gasteiger charge is -2.16. The summed E-state index contributed by atoms with van der Waals surface area (Å²) in [4.78, 5) is 0. The summed E-state index contributed by atoms with van der Waals surface area (Å²) < 4.78 is 0. The van der Waals surface area contributed by atoms with Crippen molar-refractivity contribution in [2.45, 2.75) is 33.2 Å². The van der Waals surface area contributed by atoms with Gasteiger partial charge in [0.05, 0.1) is 0 Å². The molecule has 0 aliphatic heterocycles. The van der Waals surface area contributed by atoms with Gasteiger partial charge < -0.3 is 5.32 Å². The van der Waals surface area contributed by atoms with Crippen LogP contribution in [0.25, 0.3) is 0 Å².